The predicted octanol–water partition coefficient (Wildman–Crippen LogP) is 4.74. The summed E-state index contributed by atoms with van der Waals surface area (Å²) >= 11 is 1.24. The molecule has 148 valence electrons. The van der Waals surface area contributed by atoms with Gasteiger partial charge >= 0.3 is 5.97 Å². The van der Waals surface area contributed by atoms with Crippen LogP contribution in [0.15, 0.2) is 53.9 Å². The number of hydrogen-bond donors (Lipinski definition) is 1. The lowest BCUT2D eigenvalue weighted by molar-refractivity contribution is -0.384. The van der Waals surface area contributed by atoms with Gasteiger partial charge in [-0.05, 0) is 36.4 Å². The predicted molar refractivity (Wildman–Crippen MR) is 111 cm³/mol. The molecule has 0 aliphatic carbocycles. The highest BCUT2D eigenvalue weighted by Crippen LogP contribution is 2.29. The molecular formula is C21H18N2O5S. The Morgan fingerprint density at radius 3 is 2.52 bits per heavy atom. The van der Waals surface area contributed by atoms with Crippen molar-refractivity contribution in [2.24, 2.45) is 0 Å². The van der Waals surface area contributed by atoms with E-state index in [9.17, 15) is 19.7 Å². The summed E-state index contributed by atoms with van der Waals surface area (Å²) in [6.07, 6.45) is 0. The fourth-order valence-electron chi connectivity index (χ4n) is 2.67. The van der Waals surface area contributed by atoms with Crippen LogP contribution in [0.25, 0.3) is 11.1 Å². The second-order valence-corrected chi connectivity index (χ2v) is 7.33. The van der Waals surface area contributed by atoms with Gasteiger partial charge in [-0.2, -0.15) is 0 Å². The summed E-state index contributed by atoms with van der Waals surface area (Å²) in [4.78, 5) is 35.4. The minimum atomic E-state index is -0.596. The number of non-ortho nitro benzene ring substituents is 1. The quantitative estimate of drug-likeness (QED) is 0.360. The van der Waals surface area contributed by atoms with Gasteiger partial charge in [0.15, 0.2) is 6.61 Å². The van der Waals surface area contributed by atoms with Crippen molar-refractivity contribution in [1.29, 1.82) is 0 Å². The van der Waals surface area contributed by atoms with E-state index >= 15 is 0 Å². The number of benzene rings is 2. The number of aryl methyl sites for hydroxylation is 2. The van der Waals surface area contributed by atoms with E-state index in [1.54, 1.807) is 18.4 Å². The molecule has 1 amide bonds. The van der Waals surface area contributed by atoms with E-state index in [1.165, 1.54) is 23.5 Å². The van der Waals surface area contributed by atoms with Crippen molar-refractivity contribution >= 4 is 34.6 Å². The maximum absolute atomic E-state index is 12.5. The summed E-state index contributed by atoms with van der Waals surface area (Å²) in [7, 11) is 0. The number of nitrogens with one attached hydrogen (secondary N) is 1. The molecule has 0 fully saturated rings. The first-order valence-corrected chi connectivity index (χ1v) is 9.59. The van der Waals surface area contributed by atoms with Gasteiger partial charge in [-0.1, -0.05) is 35.9 Å². The fourth-order valence-corrected chi connectivity index (χ4v) is 3.48. The SMILES string of the molecule is Cc1ccc(-c2ccsc2C(=O)OCC(=O)Nc2cc([N+](=O)[O-])ccc2C)cc1. The molecule has 1 aromatic heterocycles. The zero-order chi connectivity index (χ0) is 21.0. The van der Waals surface area contributed by atoms with Crippen molar-refractivity contribution in [3.8, 4) is 11.1 Å². The topological polar surface area (TPSA) is 98.5 Å². The van der Waals surface area contributed by atoms with Crippen LogP contribution in [0.1, 0.15) is 20.8 Å². The molecule has 7 nitrogen and oxygen atoms in total. The number of rotatable bonds is 6. The molecule has 29 heavy (non-hydrogen) atoms. The van der Waals surface area contributed by atoms with Gasteiger partial charge in [-0.25, -0.2) is 4.79 Å². The molecule has 0 spiro atoms. The Morgan fingerprint density at radius 1 is 1.10 bits per heavy atom. The Morgan fingerprint density at radius 2 is 1.83 bits per heavy atom. The maximum atomic E-state index is 12.5. The highest BCUT2D eigenvalue weighted by Gasteiger charge is 2.18. The lowest BCUT2D eigenvalue weighted by Crippen LogP contribution is -2.21. The minimum absolute atomic E-state index is 0.135. The molecule has 0 bridgehead atoms. The molecule has 8 heteroatoms. The Hall–Kier alpha value is -3.52. The average molecular weight is 410 g/mol. The molecule has 0 atom stereocenters. The molecule has 1 heterocycles. The largest absolute Gasteiger partial charge is 0.451 e. The molecule has 2 aromatic carbocycles. The van der Waals surface area contributed by atoms with Crippen molar-refractivity contribution in [3.63, 3.8) is 0 Å². The number of nitrogens with zero attached hydrogens (tertiary/aromatic N) is 1. The number of esters is 1. The van der Waals surface area contributed by atoms with Gasteiger partial charge in [0.05, 0.1) is 10.6 Å². The highest BCUT2D eigenvalue weighted by atomic mass is 32.1. The molecule has 0 unspecified atom stereocenters. The van der Waals surface area contributed by atoms with Crippen LogP contribution in [0.5, 0.6) is 0 Å². The van der Waals surface area contributed by atoms with Gasteiger partial charge in [0, 0.05) is 17.7 Å². The summed E-state index contributed by atoms with van der Waals surface area (Å²) in [6.45, 7) is 3.20. The third-order valence-corrected chi connectivity index (χ3v) is 5.15. The maximum Gasteiger partial charge on any atom is 0.349 e. The smallest absolute Gasteiger partial charge is 0.349 e. The van der Waals surface area contributed by atoms with Crippen LogP contribution in [0.4, 0.5) is 11.4 Å². The number of amides is 1. The summed E-state index contributed by atoms with van der Waals surface area (Å²) < 4.78 is 5.15. The Labute approximate surface area is 171 Å². The number of nitro groups is 1. The van der Waals surface area contributed by atoms with E-state index in [2.05, 4.69) is 5.32 Å². The third kappa shape index (κ3) is 4.85. The van der Waals surface area contributed by atoms with Crippen molar-refractivity contribution in [2.75, 3.05) is 11.9 Å². The van der Waals surface area contributed by atoms with E-state index in [1.807, 2.05) is 37.3 Å². The lowest BCUT2D eigenvalue weighted by Gasteiger charge is -2.09. The second-order valence-electron chi connectivity index (χ2n) is 6.41. The highest BCUT2D eigenvalue weighted by molar-refractivity contribution is 7.12. The number of carbonyl (C=O) groups excluding carboxylic acids is 2. The van der Waals surface area contributed by atoms with Gasteiger partial charge < -0.3 is 10.1 Å². The molecule has 0 saturated heterocycles. The normalized spacial score (nSPS) is 10.4. The number of thiophene rings is 1. The van der Waals surface area contributed by atoms with Gasteiger partial charge in [0.25, 0.3) is 11.6 Å². The second kappa shape index (κ2) is 8.66. The number of ether oxygens (including phenoxy) is 1. The summed E-state index contributed by atoms with van der Waals surface area (Å²) in [5.41, 5.74) is 3.58. The zero-order valence-corrected chi connectivity index (χ0v) is 16.6. The molecule has 0 aliphatic rings. The van der Waals surface area contributed by atoms with Gasteiger partial charge in [-0.15, -0.1) is 11.3 Å². The van der Waals surface area contributed by atoms with Crippen molar-refractivity contribution in [1.82, 2.24) is 0 Å². The van der Waals surface area contributed by atoms with Crippen molar-refractivity contribution in [2.45, 2.75) is 13.8 Å². The standard InChI is InChI=1S/C21H18N2O5S/c1-13-3-6-15(7-4-13)17-9-10-29-20(17)21(25)28-12-19(24)22-18-11-16(23(26)27)8-5-14(18)2/h3-11H,12H2,1-2H3,(H,22,24). The number of anilines is 1. The van der Waals surface area contributed by atoms with Crippen LogP contribution in [0, 0.1) is 24.0 Å². The monoisotopic (exact) mass is 410 g/mol. The van der Waals surface area contributed by atoms with Crippen LogP contribution in [0.2, 0.25) is 0 Å². The average Bonchev–Trinajstić information content (AvgIpc) is 3.18. The van der Waals surface area contributed by atoms with Crippen LogP contribution in [0.3, 0.4) is 0 Å². The molecular weight excluding hydrogens is 392 g/mol. The molecule has 3 aromatic rings. The Bertz CT molecular complexity index is 1070. The van der Waals surface area contributed by atoms with Crippen LogP contribution in [-0.2, 0) is 9.53 Å². The molecule has 1 N–H and O–H groups in total. The molecule has 3 rings (SSSR count). The summed E-state index contributed by atoms with van der Waals surface area (Å²) in [5.74, 6) is -1.17. The third-order valence-electron chi connectivity index (χ3n) is 4.25. The Balaban J connectivity index is 1.65. The fraction of sp³-hybridized carbons (Fsp3) is 0.143. The summed E-state index contributed by atoms with van der Waals surface area (Å²) in [6, 6.07) is 13.8. The zero-order valence-electron chi connectivity index (χ0n) is 15.8. The van der Waals surface area contributed by atoms with Gasteiger partial charge in [0.2, 0.25) is 0 Å². The van der Waals surface area contributed by atoms with E-state index < -0.39 is 23.4 Å². The minimum Gasteiger partial charge on any atom is -0.451 e. The number of hydrogen-bond acceptors (Lipinski definition) is 6. The molecule has 0 radical (unpaired) electrons. The van der Waals surface area contributed by atoms with E-state index in [0.29, 0.717) is 16.1 Å². The first kappa shape index (κ1) is 20.2. The van der Waals surface area contributed by atoms with E-state index in [0.717, 1.165) is 16.7 Å². The lowest BCUT2D eigenvalue weighted by atomic mass is 10.1. The van der Waals surface area contributed by atoms with Gasteiger partial charge in [-0.3, -0.25) is 14.9 Å². The number of carbonyl (C=O) groups is 2. The van der Waals surface area contributed by atoms with Crippen LogP contribution in [-0.4, -0.2) is 23.4 Å². The molecule has 0 saturated carbocycles. The summed E-state index contributed by atoms with van der Waals surface area (Å²) in [5, 5.41) is 15.2. The van der Waals surface area contributed by atoms with Crippen molar-refractivity contribution < 1.29 is 19.2 Å². The van der Waals surface area contributed by atoms with E-state index in [-0.39, 0.29) is 5.69 Å². The first-order chi connectivity index (χ1) is 13.8. The number of nitro benzene ring substituents is 1. The van der Waals surface area contributed by atoms with Gasteiger partial charge in [0.1, 0.15) is 4.88 Å². The Kier molecular flexibility index (Phi) is 6.04. The first-order valence-electron chi connectivity index (χ1n) is 8.71. The van der Waals surface area contributed by atoms with Crippen LogP contribution >= 0.6 is 11.3 Å². The van der Waals surface area contributed by atoms with Crippen molar-refractivity contribution in [3.05, 3.63) is 80.0 Å². The van der Waals surface area contributed by atoms with E-state index in [4.69, 9.17) is 4.74 Å². The molecule has 0 aliphatic heterocycles. The van der Waals surface area contributed by atoms with Crippen LogP contribution < -0.4 is 5.32 Å².